The molecule has 0 aliphatic carbocycles. The quantitative estimate of drug-likeness (QED) is 0.670. The Kier molecular flexibility index (Phi) is 5.23. The summed E-state index contributed by atoms with van der Waals surface area (Å²) in [5, 5.41) is 11.9. The zero-order valence-electron chi connectivity index (χ0n) is 14.9. The minimum atomic E-state index is -0.536. The standard InChI is InChI=1S/C19H17ClFN5OS/c1-2-15-23-24-19-26(15)25-16(11-6-8-13(21)9-7-11)17(28-19)18(27)22-14-5-3-4-12(20)10-14/h3-10,16-17,25H,2H2,1H3,(H,22,27)/t16-,17-/m1/s1. The molecule has 0 bridgehead atoms. The molecule has 1 aliphatic rings. The SMILES string of the molecule is CCc1nnc2n1N[C@H](c1ccc(F)cc1)[C@H](C(=O)Nc1cccc(Cl)c1)S2. The van der Waals surface area contributed by atoms with Crippen LogP contribution < -0.4 is 10.7 Å². The van der Waals surface area contributed by atoms with Crippen LogP contribution in [0.1, 0.15) is 24.4 Å². The molecule has 2 aromatic carbocycles. The number of hydrogen-bond donors (Lipinski definition) is 2. The second kappa shape index (κ2) is 7.81. The fourth-order valence-corrected chi connectivity index (χ4v) is 4.32. The molecule has 0 radical (unpaired) electrons. The Labute approximate surface area is 170 Å². The molecule has 0 spiro atoms. The van der Waals surface area contributed by atoms with E-state index >= 15 is 0 Å². The first-order valence-electron chi connectivity index (χ1n) is 8.74. The van der Waals surface area contributed by atoms with Crippen molar-refractivity contribution in [1.29, 1.82) is 0 Å². The van der Waals surface area contributed by atoms with E-state index in [2.05, 4.69) is 20.9 Å². The molecule has 3 aromatic rings. The van der Waals surface area contributed by atoms with Gasteiger partial charge >= 0.3 is 0 Å². The highest BCUT2D eigenvalue weighted by Gasteiger charge is 2.37. The van der Waals surface area contributed by atoms with Crippen LogP contribution in [-0.4, -0.2) is 26.0 Å². The number of fused-ring (bicyclic) bond motifs is 1. The van der Waals surface area contributed by atoms with Crippen molar-refractivity contribution >= 4 is 35.0 Å². The monoisotopic (exact) mass is 417 g/mol. The first-order valence-corrected chi connectivity index (χ1v) is 10.0. The molecule has 0 fully saturated rings. The number of aromatic nitrogens is 3. The van der Waals surface area contributed by atoms with Gasteiger partial charge in [0, 0.05) is 17.1 Å². The number of thioether (sulfide) groups is 1. The summed E-state index contributed by atoms with van der Waals surface area (Å²) in [6.07, 6.45) is 0.691. The van der Waals surface area contributed by atoms with Gasteiger partial charge in [0.15, 0.2) is 5.82 Å². The lowest BCUT2D eigenvalue weighted by atomic mass is 10.0. The molecular weight excluding hydrogens is 401 g/mol. The maximum atomic E-state index is 13.4. The van der Waals surface area contributed by atoms with E-state index in [1.165, 1.54) is 23.9 Å². The second-order valence-electron chi connectivity index (χ2n) is 6.28. The number of nitrogens with one attached hydrogen (secondary N) is 2. The van der Waals surface area contributed by atoms with Crippen molar-refractivity contribution in [2.75, 3.05) is 10.7 Å². The lowest BCUT2D eigenvalue weighted by Crippen LogP contribution is -2.41. The summed E-state index contributed by atoms with van der Waals surface area (Å²) in [5.74, 6) is 0.232. The molecular formula is C19H17ClFN5OS. The maximum Gasteiger partial charge on any atom is 0.240 e. The molecule has 0 unspecified atom stereocenters. The first kappa shape index (κ1) is 18.8. The Bertz CT molecular complexity index is 1010. The Morgan fingerprint density at radius 1 is 1.29 bits per heavy atom. The van der Waals surface area contributed by atoms with E-state index < -0.39 is 11.3 Å². The van der Waals surface area contributed by atoms with Gasteiger partial charge in [-0.2, -0.15) is 0 Å². The lowest BCUT2D eigenvalue weighted by molar-refractivity contribution is -0.116. The van der Waals surface area contributed by atoms with Gasteiger partial charge in [-0.1, -0.05) is 48.5 Å². The van der Waals surface area contributed by atoms with Crippen molar-refractivity contribution in [3.05, 3.63) is 70.8 Å². The number of benzene rings is 2. The third-order valence-electron chi connectivity index (χ3n) is 4.40. The summed E-state index contributed by atoms with van der Waals surface area (Å²) in [6, 6.07) is 12.7. The van der Waals surface area contributed by atoms with Gasteiger partial charge in [0.2, 0.25) is 11.1 Å². The van der Waals surface area contributed by atoms with E-state index in [4.69, 9.17) is 11.6 Å². The van der Waals surface area contributed by atoms with E-state index in [-0.39, 0.29) is 11.7 Å². The predicted molar refractivity (Wildman–Crippen MR) is 108 cm³/mol. The fraction of sp³-hybridized carbons (Fsp3) is 0.211. The third-order valence-corrected chi connectivity index (χ3v) is 5.85. The van der Waals surface area contributed by atoms with Gasteiger partial charge in [0.1, 0.15) is 11.1 Å². The summed E-state index contributed by atoms with van der Waals surface area (Å²) < 4.78 is 15.2. The fourth-order valence-electron chi connectivity index (χ4n) is 3.03. The van der Waals surface area contributed by atoms with Crippen molar-refractivity contribution in [2.24, 2.45) is 0 Å². The number of hydrogen-bond acceptors (Lipinski definition) is 5. The maximum absolute atomic E-state index is 13.4. The molecule has 1 aromatic heterocycles. The number of amides is 1. The highest BCUT2D eigenvalue weighted by molar-refractivity contribution is 8.00. The number of carbonyl (C=O) groups is 1. The van der Waals surface area contributed by atoms with E-state index in [1.807, 2.05) is 6.92 Å². The lowest BCUT2D eigenvalue weighted by Gasteiger charge is -2.33. The van der Waals surface area contributed by atoms with Crippen molar-refractivity contribution in [1.82, 2.24) is 14.9 Å². The highest BCUT2D eigenvalue weighted by atomic mass is 35.5. The first-order chi connectivity index (χ1) is 13.5. The normalized spacial score (nSPS) is 18.2. The molecule has 2 atom stereocenters. The van der Waals surface area contributed by atoms with Gasteiger partial charge in [-0.3, -0.25) is 4.79 Å². The van der Waals surface area contributed by atoms with Gasteiger partial charge in [-0.25, -0.2) is 9.07 Å². The summed E-state index contributed by atoms with van der Waals surface area (Å²) >= 11 is 7.33. The van der Waals surface area contributed by atoms with Crippen LogP contribution >= 0.6 is 23.4 Å². The molecule has 2 heterocycles. The van der Waals surface area contributed by atoms with Crippen LogP contribution in [-0.2, 0) is 11.2 Å². The van der Waals surface area contributed by atoms with Gasteiger partial charge in [0.25, 0.3) is 0 Å². The molecule has 0 saturated heterocycles. The number of halogens is 2. The van der Waals surface area contributed by atoms with Crippen molar-refractivity contribution in [2.45, 2.75) is 29.8 Å². The Hall–Kier alpha value is -2.58. The number of aryl methyl sites for hydroxylation is 1. The molecule has 28 heavy (non-hydrogen) atoms. The average molecular weight is 418 g/mol. The van der Waals surface area contributed by atoms with E-state index in [0.29, 0.717) is 22.3 Å². The summed E-state index contributed by atoms with van der Waals surface area (Å²) in [4.78, 5) is 13.1. The molecule has 144 valence electrons. The largest absolute Gasteiger partial charge is 0.325 e. The van der Waals surface area contributed by atoms with Crippen molar-refractivity contribution in [3.63, 3.8) is 0 Å². The number of nitrogens with zero attached hydrogens (tertiary/aromatic N) is 3. The molecule has 9 heteroatoms. The van der Waals surface area contributed by atoms with Gasteiger partial charge in [0.05, 0.1) is 6.04 Å². The minimum Gasteiger partial charge on any atom is -0.325 e. The Morgan fingerprint density at radius 2 is 2.07 bits per heavy atom. The summed E-state index contributed by atoms with van der Waals surface area (Å²) in [5.41, 5.74) is 4.72. The minimum absolute atomic E-state index is 0.207. The van der Waals surface area contributed by atoms with E-state index in [1.54, 1.807) is 41.1 Å². The van der Waals surface area contributed by atoms with Gasteiger partial charge in [-0.15, -0.1) is 10.2 Å². The van der Waals surface area contributed by atoms with E-state index in [0.717, 1.165) is 11.4 Å². The van der Waals surface area contributed by atoms with Crippen LogP contribution in [0.5, 0.6) is 0 Å². The predicted octanol–water partition coefficient (Wildman–Crippen LogP) is 4.03. The smallest absolute Gasteiger partial charge is 0.240 e. The van der Waals surface area contributed by atoms with Crippen molar-refractivity contribution < 1.29 is 9.18 Å². The van der Waals surface area contributed by atoms with Crippen molar-refractivity contribution in [3.8, 4) is 0 Å². The Morgan fingerprint density at radius 3 is 2.79 bits per heavy atom. The molecule has 2 N–H and O–H groups in total. The van der Waals surface area contributed by atoms with Gasteiger partial charge < -0.3 is 10.7 Å². The zero-order chi connectivity index (χ0) is 19.7. The topological polar surface area (TPSA) is 71.8 Å². The summed E-state index contributed by atoms with van der Waals surface area (Å²) in [7, 11) is 0. The highest BCUT2D eigenvalue weighted by Crippen LogP contribution is 2.37. The number of rotatable bonds is 4. The molecule has 1 amide bonds. The average Bonchev–Trinajstić information content (AvgIpc) is 3.09. The molecule has 0 saturated carbocycles. The molecule has 6 nitrogen and oxygen atoms in total. The van der Waals surface area contributed by atoms with Crippen LogP contribution in [0.4, 0.5) is 10.1 Å². The van der Waals surface area contributed by atoms with Crippen LogP contribution in [0.2, 0.25) is 5.02 Å². The summed E-state index contributed by atoms with van der Waals surface area (Å²) in [6.45, 7) is 1.98. The third kappa shape index (κ3) is 3.70. The van der Waals surface area contributed by atoms with Crippen LogP contribution in [0, 0.1) is 5.82 Å². The number of carbonyl (C=O) groups excluding carboxylic acids is 1. The van der Waals surface area contributed by atoms with Gasteiger partial charge in [-0.05, 0) is 35.9 Å². The molecule has 1 aliphatic heterocycles. The van der Waals surface area contributed by atoms with Crippen LogP contribution in [0.15, 0.2) is 53.7 Å². The second-order valence-corrected chi connectivity index (χ2v) is 7.83. The van der Waals surface area contributed by atoms with E-state index in [9.17, 15) is 9.18 Å². The van der Waals surface area contributed by atoms with Crippen LogP contribution in [0.25, 0.3) is 0 Å². The van der Waals surface area contributed by atoms with Crippen LogP contribution in [0.3, 0.4) is 0 Å². The number of anilines is 1. The molecule has 4 rings (SSSR count). The Balaban J connectivity index is 1.67. The zero-order valence-corrected chi connectivity index (χ0v) is 16.5.